The molecule has 0 aliphatic heterocycles. The maximum Gasteiger partial charge on any atom is 0.271 e. The molecule has 0 saturated heterocycles. The van der Waals surface area contributed by atoms with Crippen molar-refractivity contribution in [2.24, 2.45) is 5.10 Å². The van der Waals surface area contributed by atoms with Crippen LogP contribution in [0.5, 0.6) is 23.0 Å². The summed E-state index contributed by atoms with van der Waals surface area (Å²) in [7, 11) is 4.45. The molecule has 2 rings (SSSR count). The number of hydrogen-bond acceptors (Lipinski definition) is 6. The van der Waals surface area contributed by atoms with Crippen LogP contribution in [0.1, 0.15) is 15.9 Å². The molecule has 7 nitrogen and oxygen atoms in total. The topological polar surface area (TPSA) is 89.4 Å². The lowest BCUT2D eigenvalue weighted by Crippen LogP contribution is -2.17. The van der Waals surface area contributed by atoms with E-state index in [2.05, 4.69) is 10.5 Å². The summed E-state index contributed by atoms with van der Waals surface area (Å²) >= 11 is 0. The number of benzene rings is 2. The van der Waals surface area contributed by atoms with E-state index in [0.717, 1.165) is 0 Å². The molecule has 126 valence electrons. The Bertz CT molecular complexity index is 736. The zero-order valence-corrected chi connectivity index (χ0v) is 13.6. The first-order valence-electron chi connectivity index (χ1n) is 7.01. The molecule has 2 aromatic rings. The lowest BCUT2D eigenvalue weighted by atomic mass is 10.2. The third kappa shape index (κ3) is 3.95. The smallest absolute Gasteiger partial charge is 0.271 e. The molecule has 0 atom stereocenters. The van der Waals surface area contributed by atoms with Crippen LogP contribution in [0, 0.1) is 0 Å². The van der Waals surface area contributed by atoms with Crippen molar-refractivity contribution in [2.75, 3.05) is 21.3 Å². The van der Waals surface area contributed by atoms with Crippen LogP contribution in [0.2, 0.25) is 0 Å². The fourth-order valence-electron chi connectivity index (χ4n) is 1.97. The molecule has 0 unspecified atom stereocenters. The van der Waals surface area contributed by atoms with Crippen LogP contribution in [0.4, 0.5) is 0 Å². The second-order valence-corrected chi connectivity index (χ2v) is 4.70. The molecule has 24 heavy (non-hydrogen) atoms. The number of hydrogen-bond donors (Lipinski definition) is 2. The molecule has 0 saturated carbocycles. The maximum absolute atomic E-state index is 12.2. The highest BCUT2D eigenvalue weighted by molar-refractivity contribution is 5.96. The molecule has 0 bridgehead atoms. The van der Waals surface area contributed by atoms with Crippen molar-refractivity contribution >= 4 is 12.1 Å². The van der Waals surface area contributed by atoms with Gasteiger partial charge < -0.3 is 19.3 Å². The maximum atomic E-state index is 12.2. The third-order valence-electron chi connectivity index (χ3n) is 3.23. The second-order valence-electron chi connectivity index (χ2n) is 4.70. The van der Waals surface area contributed by atoms with Gasteiger partial charge in [0.25, 0.3) is 5.91 Å². The average molecular weight is 330 g/mol. The minimum absolute atomic E-state index is 0.0546. The minimum atomic E-state index is -0.439. The van der Waals surface area contributed by atoms with E-state index in [9.17, 15) is 9.90 Å². The fourth-order valence-corrected chi connectivity index (χ4v) is 1.97. The SMILES string of the molecule is COc1cc(OC)cc(C(=O)N/N=C/c2cccc(OC)c2O)c1. The van der Waals surface area contributed by atoms with Crippen LogP contribution in [0.25, 0.3) is 0 Å². The lowest BCUT2D eigenvalue weighted by Gasteiger charge is -2.07. The number of carbonyl (C=O) groups excluding carboxylic acids is 1. The van der Waals surface area contributed by atoms with Gasteiger partial charge in [-0.05, 0) is 24.3 Å². The first-order chi connectivity index (χ1) is 11.6. The number of methoxy groups -OCH3 is 3. The fraction of sp³-hybridized carbons (Fsp3) is 0.176. The summed E-state index contributed by atoms with van der Waals surface area (Å²) < 4.78 is 15.2. The highest BCUT2D eigenvalue weighted by Crippen LogP contribution is 2.28. The van der Waals surface area contributed by atoms with Crippen molar-refractivity contribution in [3.8, 4) is 23.0 Å². The highest BCUT2D eigenvalue weighted by Gasteiger charge is 2.09. The summed E-state index contributed by atoms with van der Waals surface area (Å²) in [5, 5.41) is 13.8. The molecular weight excluding hydrogens is 312 g/mol. The molecule has 0 fully saturated rings. The normalized spacial score (nSPS) is 10.5. The van der Waals surface area contributed by atoms with Crippen molar-refractivity contribution in [3.63, 3.8) is 0 Å². The molecule has 2 N–H and O–H groups in total. The van der Waals surface area contributed by atoms with E-state index in [1.807, 2.05) is 0 Å². The number of nitrogens with zero attached hydrogens (tertiary/aromatic N) is 1. The average Bonchev–Trinajstić information content (AvgIpc) is 2.62. The standard InChI is InChI=1S/C17H18N2O5/c1-22-13-7-12(8-14(9-13)23-2)17(21)19-18-10-11-5-4-6-15(24-3)16(11)20/h4-10,20H,1-3H3,(H,19,21)/b18-10+. The summed E-state index contributed by atoms with van der Waals surface area (Å²) in [5.74, 6) is 0.817. The van der Waals surface area contributed by atoms with Crippen LogP contribution < -0.4 is 19.6 Å². The minimum Gasteiger partial charge on any atom is -0.504 e. The predicted molar refractivity (Wildman–Crippen MR) is 89.3 cm³/mol. The third-order valence-corrected chi connectivity index (χ3v) is 3.23. The van der Waals surface area contributed by atoms with Crippen molar-refractivity contribution in [2.45, 2.75) is 0 Å². The Kier molecular flexibility index (Phi) is 5.62. The monoisotopic (exact) mass is 330 g/mol. The molecule has 7 heteroatoms. The number of phenolic OH excluding ortho intramolecular Hbond substituents is 1. The molecule has 0 aliphatic carbocycles. The largest absolute Gasteiger partial charge is 0.504 e. The zero-order valence-electron chi connectivity index (χ0n) is 13.6. The van der Waals surface area contributed by atoms with Crippen LogP contribution in [0.3, 0.4) is 0 Å². The van der Waals surface area contributed by atoms with Gasteiger partial charge in [0.2, 0.25) is 0 Å². The number of nitrogens with one attached hydrogen (secondary N) is 1. The Labute approximate surface area is 139 Å². The van der Waals surface area contributed by atoms with E-state index >= 15 is 0 Å². The van der Waals surface area contributed by atoms with Crippen molar-refractivity contribution in [1.82, 2.24) is 5.43 Å². The van der Waals surface area contributed by atoms with Gasteiger partial charge in [-0.1, -0.05) is 6.07 Å². The highest BCUT2D eigenvalue weighted by atomic mass is 16.5. The first kappa shape index (κ1) is 17.1. The van der Waals surface area contributed by atoms with E-state index in [1.54, 1.807) is 36.4 Å². The Morgan fingerprint density at radius 2 is 1.75 bits per heavy atom. The number of phenols is 1. The molecule has 0 aliphatic rings. The Morgan fingerprint density at radius 1 is 1.08 bits per heavy atom. The zero-order chi connectivity index (χ0) is 17.5. The van der Waals surface area contributed by atoms with E-state index in [-0.39, 0.29) is 5.75 Å². The van der Waals surface area contributed by atoms with E-state index < -0.39 is 5.91 Å². The Balaban J connectivity index is 2.13. The van der Waals surface area contributed by atoms with Gasteiger partial charge in [-0.25, -0.2) is 5.43 Å². The number of ether oxygens (including phenoxy) is 3. The quantitative estimate of drug-likeness (QED) is 0.626. The molecule has 1 amide bonds. The molecule has 0 radical (unpaired) electrons. The first-order valence-corrected chi connectivity index (χ1v) is 7.01. The van der Waals surface area contributed by atoms with Gasteiger partial charge >= 0.3 is 0 Å². The van der Waals surface area contributed by atoms with Crippen LogP contribution >= 0.6 is 0 Å². The van der Waals surface area contributed by atoms with Gasteiger partial charge in [-0.2, -0.15) is 5.10 Å². The summed E-state index contributed by atoms with van der Waals surface area (Å²) in [4.78, 5) is 12.2. The van der Waals surface area contributed by atoms with Gasteiger partial charge in [0.1, 0.15) is 11.5 Å². The number of amides is 1. The van der Waals surface area contributed by atoms with Crippen molar-refractivity contribution < 1.29 is 24.1 Å². The van der Waals surface area contributed by atoms with Crippen molar-refractivity contribution in [3.05, 3.63) is 47.5 Å². The summed E-state index contributed by atoms with van der Waals surface area (Å²) in [6.07, 6.45) is 1.33. The summed E-state index contributed by atoms with van der Waals surface area (Å²) in [6, 6.07) is 9.76. The second kappa shape index (κ2) is 7.87. The molecule has 2 aromatic carbocycles. The Hall–Kier alpha value is -3.22. The summed E-state index contributed by atoms with van der Waals surface area (Å²) in [5.41, 5.74) is 3.13. The van der Waals surface area contributed by atoms with E-state index in [0.29, 0.717) is 28.4 Å². The number of para-hydroxylation sites is 1. The van der Waals surface area contributed by atoms with Gasteiger partial charge in [-0.3, -0.25) is 4.79 Å². The van der Waals surface area contributed by atoms with Gasteiger partial charge in [-0.15, -0.1) is 0 Å². The van der Waals surface area contributed by atoms with Crippen LogP contribution in [-0.4, -0.2) is 38.6 Å². The summed E-state index contributed by atoms with van der Waals surface area (Å²) in [6.45, 7) is 0. The Morgan fingerprint density at radius 3 is 2.33 bits per heavy atom. The number of carbonyl (C=O) groups is 1. The number of aromatic hydroxyl groups is 1. The van der Waals surface area contributed by atoms with E-state index in [4.69, 9.17) is 14.2 Å². The predicted octanol–water partition coefficient (Wildman–Crippen LogP) is 2.18. The molecular formula is C17H18N2O5. The number of rotatable bonds is 6. The molecule has 0 aromatic heterocycles. The van der Waals surface area contributed by atoms with Gasteiger partial charge in [0.15, 0.2) is 11.5 Å². The van der Waals surface area contributed by atoms with Gasteiger partial charge in [0.05, 0.1) is 27.5 Å². The van der Waals surface area contributed by atoms with Crippen LogP contribution in [-0.2, 0) is 0 Å². The molecule has 0 spiro atoms. The van der Waals surface area contributed by atoms with Crippen LogP contribution in [0.15, 0.2) is 41.5 Å². The van der Waals surface area contributed by atoms with E-state index in [1.165, 1.54) is 27.5 Å². The lowest BCUT2D eigenvalue weighted by molar-refractivity contribution is 0.0954. The number of hydrazone groups is 1. The van der Waals surface area contributed by atoms with Gasteiger partial charge in [0, 0.05) is 17.2 Å². The molecule has 0 heterocycles. The van der Waals surface area contributed by atoms with Crippen molar-refractivity contribution in [1.29, 1.82) is 0 Å².